The molecular formula is C25H24N10O8S3. The average Bonchev–Trinajstić information content (AvgIpc) is 3.68. The van der Waals surface area contributed by atoms with Gasteiger partial charge in [-0.3, -0.25) is 14.5 Å². The number of thioether (sulfide) groups is 2. The van der Waals surface area contributed by atoms with E-state index in [0.29, 0.717) is 5.57 Å². The highest BCUT2D eigenvalue weighted by Crippen LogP contribution is 2.41. The molecule has 2 aliphatic heterocycles. The average molecular weight is 689 g/mol. The minimum Gasteiger partial charge on any atom is -0.477 e. The molecule has 5 rings (SSSR count). The van der Waals surface area contributed by atoms with E-state index in [-0.39, 0.29) is 57.8 Å². The number of aromatic nitrogens is 5. The second-order valence-electron chi connectivity index (χ2n) is 9.32. The van der Waals surface area contributed by atoms with Crippen molar-refractivity contribution in [1.82, 2.24) is 35.4 Å². The van der Waals surface area contributed by atoms with Gasteiger partial charge >= 0.3 is 11.9 Å². The molecule has 5 N–H and O–H groups in total. The first kappa shape index (κ1) is 32.4. The summed E-state index contributed by atoms with van der Waals surface area (Å²) in [6.45, 7) is -0.227. The normalized spacial score (nSPS) is 18.1. The number of fused-ring (bicyclic) bond motifs is 1. The Bertz CT molecular complexity index is 1740. The Morgan fingerprint density at radius 1 is 1.22 bits per heavy atom. The zero-order chi connectivity index (χ0) is 32.8. The number of rotatable bonds is 14. The SMILES string of the molecule is CON=C(Cn1nnnc1SCC1=C(C(=O)O)N2C(=O)C(NC(=O)C(=NOCc3ccccc3)c3csc(N)n3)[C@H]2SC1)C(=O)O. The lowest BCUT2D eigenvalue weighted by Crippen LogP contribution is -2.71. The fourth-order valence-corrected chi connectivity index (χ4v) is 7.20. The quantitative estimate of drug-likeness (QED) is 0.0767. The minimum absolute atomic E-state index is 0.0766. The Hall–Kier alpha value is -5.02. The summed E-state index contributed by atoms with van der Waals surface area (Å²) in [4.78, 5) is 65.5. The van der Waals surface area contributed by atoms with E-state index in [1.54, 1.807) is 0 Å². The first-order chi connectivity index (χ1) is 22.2. The highest BCUT2D eigenvalue weighted by atomic mass is 32.2. The van der Waals surface area contributed by atoms with Crippen molar-refractivity contribution in [3.8, 4) is 0 Å². The molecule has 2 amide bonds. The maximum atomic E-state index is 13.3. The maximum absolute atomic E-state index is 13.3. The zero-order valence-corrected chi connectivity index (χ0v) is 26.1. The fraction of sp³-hybridized carbons (Fsp3) is 0.280. The highest BCUT2D eigenvalue weighted by molar-refractivity contribution is 8.01. The van der Waals surface area contributed by atoms with Crippen molar-refractivity contribution in [1.29, 1.82) is 0 Å². The second-order valence-corrected chi connectivity index (χ2v) is 12.3. The van der Waals surface area contributed by atoms with E-state index in [9.17, 15) is 29.4 Å². The van der Waals surface area contributed by atoms with Crippen LogP contribution >= 0.6 is 34.9 Å². The van der Waals surface area contributed by atoms with E-state index in [0.717, 1.165) is 33.6 Å². The van der Waals surface area contributed by atoms with E-state index < -0.39 is 35.2 Å². The predicted octanol–water partition coefficient (Wildman–Crippen LogP) is 0.251. The summed E-state index contributed by atoms with van der Waals surface area (Å²) in [5, 5.41) is 41.8. The molecule has 1 fully saturated rings. The van der Waals surface area contributed by atoms with Crippen molar-refractivity contribution in [2.24, 2.45) is 10.3 Å². The number of nitrogens with zero attached hydrogens (tertiary/aromatic N) is 8. The Balaban J connectivity index is 1.28. The van der Waals surface area contributed by atoms with E-state index >= 15 is 0 Å². The van der Waals surface area contributed by atoms with Crippen LogP contribution in [0.5, 0.6) is 0 Å². The van der Waals surface area contributed by atoms with Gasteiger partial charge in [-0.15, -0.1) is 28.2 Å². The van der Waals surface area contributed by atoms with Crippen LogP contribution in [0, 0.1) is 0 Å². The van der Waals surface area contributed by atoms with Crippen molar-refractivity contribution in [2.45, 2.75) is 29.7 Å². The summed E-state index contributed by atoms with van der Waals surface area (Å²) < 4.78 is 1.18. The lowest BCUT2D eigenvalue weighted by Gasteiger charge is -2.49. The number of tetrazole rings is 1. The van der Waals surface area contributed by atoms with Crippen LogP contribution in [0.2, 0.25) is 0 Å². The number of carboxylic acid groups (broad SMARTS) is 2. The summed E-state index contributed by atoms with van der Waals surface area (Å²) in [7, 11) is 1.20. The van der Waals surface area contributed by atoms with Crippen molar-refractivity contribution < 1.29 is 39.1 Å². The largest absolute Gasteiger partial charge is 0.477 e. The number of carboxylic acids is 2. The molecule has 0 aliphatic carbocycles. The number of carbonyl (C=O) groups is 4. The molecule has 1 unspecified atom stereocenters. The maximum Gasteiger partial charge on any atom is 0.355 e. The van der Waals surface area contributed by atoms with E-state index in [1.807, 2.05) is 30.3 Å². The van der Waals surface area contributed by atoms with Crippen LogP contribution in [0.3, 0.4) is 0 Å². The molecule has 0 bridgehead atoms. The number of oxime groups is 2. The Morgan fingerprint density at radius 3 is 2.67 bits per heavy atom. The van der Waals surface area contributed by atoms with E-state index in [1.165, 1.54) is 28.9 Å². The molecule has 1 saturated heterocycles. The van der Waals surface area contributed by atoms with Crippen LogP contribution in [0.1, 0.15) is 11.3 Å². The summed E-state index contributed by atoms with van der Waals surface area (Å²) in [5.74, 6) is -3.73. The third kappa shape index (κ3) is 7.10. The number of hydrogen-bond donors (Lipinski definition) is 4. The molecule has 3 aromatic rings. The van der Waals surface area contributed by atoms with Gasteiger partial charge in [0.1, 0.15) is 36.5 Å². The van der Waals surface area contributed by atoms with Gasteiger partial charge in [-0.25, -0.2) is 19.3 Å². The van der Waals surface area contributed by atoms with Crippen LogP contribution < -0.4 is 11.1 Å². The molecule has 18 nitrogen and oxygen atoms in total. The van der Waals surface area contributed by atoms with Gasteiger partial charge < -0.3 is 30.9 Å². The summed E-state index contributed by atoms with van der Waals surface area (Å²) >= 11 is 3.42. The van der Waals surface area contributed by atoms with Crippen molar-refractivity contribution in [2.75, 3.05) is 24.3 Å². The topological polar surface area (TPSA) is 250 Å². The number of β-lactam (4-membered cyclic amide) rings is 1. The number of nitrogens with one attached hydrogen (secondary N) is 1. The van der Waals surface area contributed by atoms with Gasteiger partial charge in [-0.1, -0.05) is 52.4 Å². The van der Waals surface area contributed by atoms with Crippen LogP contribution in [0.4, 0.5) is 5.13 Å². The van der Waals surface area contributed by atoms with Gasteiger partial charge in [0, 0.05) is 16.9 Å². The number of amides is 2. The number of benzene rings is 1. The zero-order valence-electron chi connectivity index (χ0n) is 23.7. The molecule has 0 radical (unpaired) electrons. The van der Waals surface area contributed by atoms with Gasteiger partial charge in [-0.2, -0.15) is 0 Å². The van der Waals surface area contributed by atoms with Gasteiger partial charge in [-0.05, 0) is 21.6 Å². The standard InChI is InChI=1S/C25H24N10O8S3/c1-42-30-14(22(38)39)7-34-25(29-32-33-34)46-10-13-9-44-21-17(20(37)35(21)18(13)23(40)41)28-19(36)16(15-11-45-24(26)27-15)31-43-8-12-5-3-2-4-6-12/h2-6,11,17,21H,7-10H2,1H3,(H2,26,27)(H,28,36)(H,38,39)(H,40,41)/t17?,21-/m1/s1. The van der Waals surface area contributed by atoms with Crippen LogP contribution in [-0.2, 0) is 42.0 Å². The molecule has 2 aliphatic rings. The molecule has 0 spiro atoms. The third-order valence-corrected chi connectivity index (χ3v) is 9.43. The molecule has 2 aromatic heterocycles. The monoisotopic (exact) mass is 688 g/mol. The molecule has 1 aromatic carbocycles. The fourth-order valence-electron chi connectivity index (χ4n) is 4.29. The van der Waals surface area contributed by atoms with Crippen LogP contribution in [-0.4, -0.2) is 106 Å². The van der Waals surface area contributed by atoms with E-state index in [2.05, 4.69) is 41.0 Å². The van der Waals surface area contributed by atoms with Gasteiger partial charge in [0.05, 0.1) is 6.54 Å². The first-order valence-corrected chi connectivity index (χ1v) is 16.0. The number of nitrogens with two attached hydrogens (primary N) is 1. The summed E-state index contributed by atoms with van der Waals surface area (Å²) in [5.41, 5.74) is 6.37. The third-order valence-electron chi connectivity index (χ3n) is 6.37. The smallest absolute Gasteiger partial charge is 0.355 e. The number of carbonyl (C=O) groups excluding carboxylic acids is 2. The predicted molar refractivity (Wildman–Crippen MR) is 165 cm³/mol. The van der Waals surface area contributed by atoms with E-state index in [4.69, 9.17) is 10.6 Å². The summed E-state index contributed by atoms with van der Waals surface area (Å²) in [6, 6.07) is 8.12. The van der Waals surface area contributed by atoms with Crippen LogP contribution in [0.25, 0.3) is 0 Å². The number of hydrogen-bond acceptors (Lipinski definition) is 16. The second kappa shape index (κ2) is 14.4. The van der Waals surface area contributed by atoms with Crippen molar-refractivity contribution >= 4 is 75.2 Å². The molecule has 0 saturated carbocycles. The van der Waals surface area contributed by atoms with Gasteiger partial charge in [0.15, 0.2) is 16.6 Å². The lowest BCUT2D eigenvalue weighted by atomic mass is 10.0. The van der Waals surface area contributed by atoms with Gasteiger partial charge in [0.25, 0.3) is 11.8 Å². The summed E-state index contributed by atoms with van der Waals surface area (Å²) in [6.07, 6.45) is 0. The number of aliphatic carboxylic acids is 2. The van der Waals surface area contributed by atoms with Crippen LogP contribution in [0.15, 0.2) is 62.4 Å². The minimum atomic E-state index is -1.33. The highest BCUT2D eigenvalue weighted by Gasteiger charge is 2.54. The number of nitrogen functional groups attached to an aromatic ring is 1. The van der Waals surface area contributed by atoms with Crippen molar-refractivity contribution in [3.63, 3.8) is 0 Å². The first-order valence-electron chi connectivity index (χ1n) is 13.1. The number of anilines is 1. The molecule has 2 atom stereocenters. The molecule has 240 valence electrons. The molecule has 4 heterocycles. The van der Waals surface area contributed by atoms with Gasteiger partial charge in [0.2, 0.25) is 5.16 Å². The molecule has 46 heavy (non-hydrogen) atoms. The molecular weight excluding hydrogens is 665 g/mol. The Morgan fingerprint density at radius 2 is 2.00 bits per heavy atom. The molecule has 21 heteroatoms. The number of thiazole rings is 1. The Kier molecular flexibility index (Phi) is 10.1. The Labute approximate surface area is 271 Å². The van der Waals surface area contributed by atoms with Crippen molar-refractivity contribution in [3.05, 3.63) is 58.2 Å². The lowest BCUT2D eigenvalue weighted by molar-refractivity contribution is -0.150.